The summed E-state index contributed by atoms with van der Waals surface area (Å²) in [5.41, 5.74) is 3.06. The lowest BCUT2D eigenvalue weighted by Gasteiger charge is -2.19. The Morgan fingerprint density at radius 3 is 2.74 bits per heavy atom. The molecular weight excluding hydrogens is 287 g/mol. The van der Waals surface area contributed by atoms with Crippen LogP contribution >= 0.6 is 23.2 Å². The number of amides is 1. The van der Waals surface area contributed by atoms with Crippen LogP contribution < -0.4 is 5.48 Å². The minimum absolute atomic E-state index is 0.322. The van der Waals surface area contributed by atoms with Crippen molar-refractivity contribution < 1.29 is 9.63 Å². The third-order valence-corrected chi connectivity index (χ3v) is 3.14. The van der Waals surface area contributed by atoms with Crippen LogP contribution in [0.15, 0.2) is 18.2 Å². The molecule has 6 heteroatoms. The molecule has 0 spiro atoms. The molecule has 0 heterocycles. The molecule has 0 fully saturated rings. The van der Waals surface area contributed by atoms with Gasteiger partial charge in [0.15, 0.2) is 0 Å². The first-order chi connectivity index (χ1) is 8.93. The van der Waals surface area contributed by atoms with Gasteiger partial charge in [-0.3, -0.25) is 9.63 Å². The molecule has 1 rings (SSSR count). The van der Waals surface area contributed by atoms with E-state index in [9.17, 15) is 4.79 Å². The van der Waals surface area contributed by atoms with Gasteiger partial charge in [-0.1, -0.05) is 29.3 Å². The largest absolute Gasteiger partial charge is 0.273 e. The van der Waals surface area contributed by atoms with Crippen molar-refractivity contribution in [1.29, 1.82) is 5.26 Å². The van der Waals surface area contributed by atoms with Crippen LogP contribution in [-0.2, 0) is 16.1 Å². The van der Waals surface area contributed by atoms with Gasteiger partial charge in [0.05, 0.1) is 12.0 Å². The second-order valence-electron chi connectivity index (χ2n) is 4.17. The highest BCUT2D eigenvalue weighted by Gasteiger charge is 2.20. The van der Waals surface area contributed by atoms with Crippen LogP contribution in [0.25, 0.3) is 0 Å². The Bertz CT molecular complexity index is 500. The number of hydrogen-bond acceptors (Lipinski definition) is 3. The zero-order valence-corrected chi connectivity index (χ0v) is 12.1. The van der Waals surface area contributed by atoms with Gasteiger partial charge in [0.2, 0.25) is 5.91 Å². The van der Waals surface area contributed by atoms with E-state index in [0.29, 0.717) is 16.5 Å². The maximum atomic E-state index is 10.9. The number of rotatable bonds is 5. The quantitative estimate of drug-likeness (QED) is 0.850. The summed E-state index contributed by atoms with van der Waals surface area (Å²) < 4.78 is 0. The van der Waals surface area contributed by atoms with E-state index in [1.165, 1.54) is 6.92 Å². The zero-order valence-electron chi connectivity index (χ0n) is 10.6. The summed E-state index contributed by atoms with van der Waals surface area (Å²) >= 11 is 11.9. The lowest BCUT2D eigenvalue weighted by Crippen LogP contribution is -2.33. The standard InChI is InChI=1S/C13H14Cl2N2O2/c1-8(7-16)13(19-17-9(2)18)5-10-3-4-11(14)6-12(10)15/h3-4,6,8,13H,5H2,1-2H3,(H,17,18). The van der Waals surface area contributed by atoms with Crippen molar-refractivity contribution in [2.45, 2.75) is 26.4 Å². The van der Waals surface area contributed by atoms with Crippen LogP contribution in [0.2, 0.25) is 10.0 Å². The summed E-state index contributed by atoms with van der Waals surface area (Å²) in [7, 11) is 0. The van der Waals surface area contributed by atoms with E-state index >= 15 is 0 Å². The Balaban J connectivity index is 2.82. The average Bonchev–Trinajstić information content (AvgIpc) is 2.35. The first kappa shape index (κ1) is 15.8. The smallest absolute Gasteiger partial charge is 0.240 e. The number of nitrogens with zero attached hydrogens (tertiary/aromatic N) is 1. The number of halogens is 2. The fourth-order valence-corrected chi connectivity index (χ4v) is 1.95. The Morgan fingerprint density at radius 2 is 2.21 bits per heavy atom. The van der Waals surface area contributed by atoms with Crippen molar-refractivity contribution >= 4 is 29.1 Å². The molecule has 2 unspecified atom stereocenters. The van der Waals surface area contributed by atoms with Crippen molar-refractivity contribution in [2.24, 2.45) is 5.92 Å². The summed E-state index contributed by atoms with van der Waals surface area (Å²) in [4.78, 5) is 16.1. The fraction of sp³-hybridized carbons (Fsp3) is 0.385. The van der Waals surface area contributed by atoms with Gasteiger partial charge >= 0.3 is 0 Å². The molecule has 1 aromatic carbocycles. The molecule has 0 aliphatic carbocycles. The topological polar surface area (TPSA) is 62.1 Å². The summed E-state index contributed by atoms with van der Waals surface area (Å²) in [6, 6.07) is 7.22. The lowest BCUT2D eigenvalue weighted by molar-refractivity contribution is -0.137. The van der Waals surface area contributed by atoms with Gasteiger partial charge in [0, 0.05) is 23.4 Å². The van der Waals surface area contributed by atoms with Crippen LogP contribution in [0.4, 0.5) is 0 Å². The predicted molar refractivity (Wildman–Crippen MR) is 73.6 cm³/mol. The molecule has 4 nitrogen and oxygen atoms in total. The third-order valence-electron chi connectivity index (χ3n) is 2.55. The van der Waals surface area contributed by atoms with E-state index in [1.54, 1.807) is 25.1 Å². The summed E-state index contributed by atoms with van der Waals surface area (Å²) in [5, 5.41) is 10.0. The maximum Gasteiger partial charge on any atom is 0.240 e. The number of hydrogen-bond donors (Lipinski definition) is 1. The number of hydroxylamine groups is 1. The SMILES string of the molecule is CC(=O)NOC(Cc1ccc(Cl)cc1Cl)C(C)C#N. The minimum Gasteiger partial charge on any atom is -0.273 e. The Hall–Kier alpha value is -1.28. The number of nitriles is 1. The highest BCUT2D eigenvalue weighted by atomic mass is 35.5. The van der Waals surface area contributed by atoms with Gasteiger partial charge in [0.25, 0.3) is 0 Å². The highest BCUT2D eigenvalue weighted by molar-refractivity contribution is 6.35. The molecule has 1 aromatic rings. The van der Waals surface area contributed by atoms with E-state index in [1.807, 2.05) is 0 Å². The summed E-state index contributed by atoms with van der Waals surface area (Å²) in [6.07, 6.45) is -0.0713. The van der Waals surface area contributed by atoms with Crippen molar-refractivity contribution in [3.8, 4) is 6.07 Å². The monoisotopic (exact) mass is 300 g/mol. The van der Waals surface area contributed by atoms with Crippen LogP contribution in [-0.4, -0.2) is 12.0 Å². The first-order valence-corrected chi connectivity index (χ1v) is 6.45. The molecule has 0 saturated heterocycles. The fourth-order valence-electron chi connectivity index (χ4n) is 1.47. The molecule has 1 amide bonds. The van der Waals surface area contributed by atoms with Gasteiger partial charge in [-0.25, -0.2) is 5.48 Å². The Kier molecular flexibility index (Phi) is 6.10. The predicted octanol–water partition coefficient (Wildman–Crippen LogP) is 3.13. The van der Waals surface area contributed by atoms with Crippen LogP contribution in [0.3, 0.4) is 0 Å². The summed E-state index contributed by atoms with van der Waals surface area (Å²) in [5.74, 6) is -0.712. The minimum atomic E-state index is -0.479. The van der Waals surface area contributed by atoms with Gasteiger partial charge in [-0.15, -0.1) is 0 Å². The molecule has 0 bridgehead atoms. The molecule has 0 aliphatic heterocycles. The third kappa shape index (κ3) is 5.07. The Labute approximate surface area is 122 Å². The first-order valence-electron chi connectivity index (χ1n) is 5.69. The summed E-state index contributed by atoms with van der Waals surface area (Å²) in [6.45, 7) is 3.06. The molecule has 1 N–H and O–H groups in total. The lowest BCUT2D eigenvalue weighted by atomic mass is 9.99. The van der Waals surface area contributed by atoms with E-state index in [0.717, 1.165) is 5.56 Å². The molecule has 0 saturated carbocycles. The van der Waals surface area contributed by atoms with Gasteiger partial charge in [-0.2, -0.15) is 5.26 Å². The van der Waals surface area contributed by atoms with Crippen molar-refractivity contribution in [2.75, 3.05) is 0 Å². The number of benzene rings is 1. The zero-order chi connectivity index (χ0) is 14.4. The van der Waals surface area contributed by atoms with E-state index in [4.69, 9.17) is 33.3 Å². The molecule has 19 heavy (non-hydrogen) atoms. The van der Waals surface area contributed by atoms with Crippen LogP contribution in [0.5, 0.6) is 0 Å². The highest BCUT2D eigenvalue weighted by Crippen LogP contribution is 2.24. The number of carbonyl (C=O) groups is 1. The molecule has 2 atom stereocenters. The van der Waals surface area contributed by atoms with Crippen molar-refractivity contribution in [1.82, 2.24) is 5.48 Å². The van der Waals surface area contributed by atoms with Gasteiger partial charge < -0.3 is 0 Å². The van der Waals surface area contributed by atoms with Crippen molar-refractivity contribution in [3.63, 3.8) is 0 Å². The van der Waals surface area contributed by atoms with Crippen LogP contribution in [0, 0.1) is 17.2 Å². The maximum absolute atomic E-state index is 10.9. The normalized spacial score (nSPS) is 13.4. The molecule has 102 valence electrons. The van der Waals surface area contributed by atoms with E-state index < -0.39 is 12.0 Å². The van der Waals surface area contributed by atoms with E-state index in [2.05, 4.69) is 11.5 Å². The molecular formula is C13H14Cl2N2O2. The van der Waals surface area contributed by atoms with Crippen molar-refractivity contribution in [3.05, 3.63) is 33.8 Å². The second kappa shape index (κ2) is 7.34. The van der Waals surface area contributed by atoms with E-state index in [-0.39, 0.29) is 5.91 Å². The average molecular weight is 301 g/mol. The molecule has 0 aromatic heterocycles. The second-order valence-corrected chi connectivity index (χ2v) is 5.02. The van der Waals surface area contributed by atoms with Gasteiger partial charge in [0.1, 0.15) is 6.10 Å². The number of carbonyl (C=O) groups excluding carboxylic acids is 1. The molecule has 0 aliphatic rings. The van der Waals surface area contributed by atoms with Gasteiger partial charge in [-0.05, 0) is 24.6 Å². The number of nitrogens with one attached hydrogen (secondary N) is 1. The van der Waals surface area contributed by atoms with Crippen LogP contribution in [0.1, 0.15) is 19.4 Å². The molecule has 0 radical (unpaired) electrons. The Morgan fingerprint density at radius 1 is 1.53 bits per heavy atom.